The summed E-state index contributed by atoms with van der Waals surface area (Å²) in [7, 11) is 0. The summed E-state index contributed by atoms with van der Waals surface area (Å²) in [5, 5.41) is 12.1. The molecule has 4 fully saturated rings. The predicted molar refractivity (Wildman–Crippen MR) is 205 cm³/mol. The molecule has 50 heavy (non-hydrogen) atoms. The summed E-state index contributed by atoms with van der Waals surface area (Å²) in [4.78, 5) is 2.49. The highest BCUT2D eigenvalue weighted by atomic mass is 15.2. The highest BCUT2D eigenvalue weighted by molar-refractivity contribution is 5.89. The lowest BCUT2D eigenvalue weighted by Gasteiger charge is -2.62. The molecule has 11 rings (SSSR count). The van der Waals surface area contributed by atoms with Crippen LogP contribution < -0.4 is 4.90 Å². The van der Waals surface area contributed by atoms with Crippen LogP contribution in [0.4, 0.5) is 17.1 Å². The summed E-state index contributed by atoms with van der Waals surface area (Å²) in [6, 6.07) is 52.1. The molecule has 0 spiro atoms. The molecule has 0 aromatic heterocycles. The molecular formula is C48H42N2. The summed E-state index contributed by atoms with van der Waals surface area (Å²) in [5.74, 6) is 3.08. The maximum Gasteiger partial charge on any atom is 0.0991 e. The molecule has 1 aliphatic heterocycles. The number of para-hydroxylation sites is 2. The Morgan fingerprint density at radius 3 is 1.98 bits per heavy atom. The quantitative estimate of drug-likeness (QED) is 0.191. The first-order valence-electron chi connectivity index (χ1n) is 18.6. The first-order valence-corrected chi connectivity index (χ1v) is 18.6. The van der Waals surface area contributed by atoms with Crippen molar-refractivity contribution in [2.75, 3.05) is 4.90 Å². The van der Waals surface area contributed by atoms with Crippen molar-refractivity contribution in [3.8, 4) is 17.2 Å². The minimum absolute atomic E-state index is 0.00105. The van der Waals surface area contributed by atoms with E-state index in [1.165, 1.54) is 82.2 Å². The van der Waals surface area contributed by atoms with E-state index in [9.17, 15) is 5.26 Å². The Bertz CT molecular complexity index is 2310. The SMILES string of the molecule is CC1(C)c2ccccc2N(c2ccccc2)c2ccc(C3(c4ccc5cc(-c6cccc(C#N)c6)ccc5c4)C4CC5CC(C4)CC3C5)cc21. The Morgan fingerprint density at radius 2 is 1.20 bits per heavy atom. The molecule has 244 valence electrons. The van der Waals surface area contributed by atoms with E-state index < -0.39 is 0 Å². The Labute approximate surface area is 296 Å². The Kier molecular flexibility index (Phi) is 6.51. The fourth-order valence-electron chi connectivity index (χ4n) is 11.3. The molecule has 0 atom stereocenters. The smallest absolute Gasteiger partial charge is 0.0991 e. The van der Waals surface area contributed by atoms with Gasteiger partial charge in [0.25, 0.3) is 0 Å². The highest BCUT2D eigenvalue weighted by Gasteiger charge is 2.59. The van der Waals surface area contributed by atoms with E-state index in [1.807, 2.05) is 18.2 Å². The molecule has 1 heterocycles. The average Bonchev–Trinajstić information content (AvgIpc) is 3.15. The second kappa shape index (κ2) is 10.9. The van der Waals surface area contributed by atoms with Crippen molar-refractivity contribution in [1.82, 2.24) is 0 Å². The lowest BCUT2D eigenvalue weighted by atomic mass is 9.42. The molecule has 0 unspecified atom stereocenters. The van der Waals surface area contributed by atoms with Crippen LogP contribution in [0.25, 0.3) is 21.9 Å². The van der Waals surface area contributed by atoms with Crippen molar-refractivity contribution in [3.05, 3.63) is 161 Å². The summed E-state index contributed by atoms with van der Waals surface area (Å²) in [5.41, 5.74) is 12.4. The first kappa shape index (κ1) is 29.8. The van der Waals surface area contributed by atoms with Gasteiger partial charge in [-0.1, -0.05) is 105 Å². The van der Waals surface area contributed by atoms with Gasteiger partial charge in [-0.05, 0) is 142 Å². The molecule has 2 heteroatoms. The standard InChI is InChI=1S/C48H42N2/c1-47(2)43-13-6-7-14-45(43)50(42-11-4-3-5-12-42)46-20-19-39(29-44(46)47)48(40-23-32-21-33(25-40)26-41(48)24-32)38-18-17-36-27-35(15-16-37(36)28-38)34-10-8-9-31(22-34)30-49/h3-20,22,27-29,32-33,40-41H,21,23-26H2,1-2H3. The monoisotopic (exact) mass is 646 g/mol. The van der Waals surface area contributed by atoms with E-state index in [-0.39, 0.29) is 10.8 Å². The third-order valence-corrected chi connectivity index (χ3v) is 13.3. The number of anilines is 3. The fourth-order valence-corrected chi connectivity index (χ4v) is 11.3. The molecule has 4 aliphatic carbocycles. The van der Waals surface area contributed by atoms with Crippen molar-refractivity contribution in [3.63, 3.8) is 0 Å². The van der Waals surface area contributed by atoms with Gasteiger partial charge >= 0.3 is 0 Å². The maximum absolute atomic E-state index is 9.49. The number of rotatable bonds is 4. The van der Waals surface area contributed by atoms with Crippen molar-refractivity contribution >= 4 is 27.8 Å². The third kappa shape index (κ3) is 4.26. The van der Waals surface area contributed by atoms with Crippen LogP contribution in [0.3, 0.4) is 0 Å². The minimum Gasteiger partial charge on any atom is -0.310 e. The molecule has 2 nitrogen and oxygen atoms in total. The summed E-state index contributed by atoms with van der Waals surface area (Å²) in [6.07, 6.45) is 6.82. The van der Waals surface area contributed by atoms with Gasteiger partial charge in [-0.25, -0.2) is 0 Å². The van der Waals surface area contributed by atoms with Gasteiger partial charge in [0.2, 0.25) is 0 Å². The fraction of sp³-hybridized carbons (Fsp3) is 0.271. The Hall–Kier alpha value is -5.13. The van der Waals surface area contributed by atoms with Gasteiger partial charge in [-0.2, -0.15) is 5.26 Å². The minimum atomic E-state index is -0.136. The van der Waals surface area contributed by atoms with Gasteiger partial charge in [-0.15, -0.1) is 0 Å². The molecule has 6 aromatic rings. The molecular weight excluding hydrogens is 605 g/mol. The Balaban J connectivity index is 1.15. The third-order valence-electron chi connectivity index (χ3n) is 13.3. The molecule has 0 amide bonds. The topological polar surface area (TPSA) is 27.0 Å². The van der Waals surface area contributed by atoms with Gasteiger partial charge in [0.05, 0.1) is 23.0 Å². The van der Waals surface area contributed by atoms with Gasteiger partial charge in [0.1, 0.15) is 0 Å². The molecule has 4 saturated carbocycles. The van der Waals surface area contributed by atoms with Crippen LogP contribution in [0.5, 0.6) is 0 Å². The van der Waals surface area contributed by atoms with E-state index >= 15 is 0 Å². The van der Waals surface area contributed by atoms with E-state index in [0.29, 0.717) is 17.4 Å². The van der Waals surface area contributed by atoms with Crippen LogP contribution in [0.1, 0.15) is 73.8 Å². The number of nitriles is 1. The van der Waals surface area contributed by atoms with E-state index in [1.54, 1.807) is 0 Å². The number of benzene rings is 6. The molecule has 5 aliphatic rings. The second-order valence-corrected chi connectivity index (χ2v) is 16.2. The molecule has 0 saturated heterocycles. The summed E-state index contributed by atoms with van der Waals surface area (Å²) >= 11 is 0. The summed E-state index contributed by atoms with van der Waals surface area (Å²) < 4.78 is 0. The second-order valence-electron chi connectivity index (χ2n) is 16.2. The van der Waals surface area contributed by atoms with E-state index in [2.05, 4.69) is 140 Å². The number of hydrogen-bond donors (Lipinski definition) is 0. The number of hydrogen-bond acceptors (Lipinski definition) is 2. The highest BCUT2D eigenvalue weighted by Crippen LogP contribution is 2.66. The average molecular weight is 647 g/mol. The number of nitrogens with zero attached hydrogens (tertiary/aromatic N) is 2. The Morgan fingerprint density at radius 1 is 0.560 bits per heavy atom. The normalized spacial score (nSPS) is 25.6. The number of fused-ring (bicyclic) bond motifs is 3. The zero-order valence-electron chi connectivity index (χ0n) is 28.9. The zero-order chi connectivity index (χ0) is 33.6. The van der Waals surface area contributed by atoms with Gasteiger partial charge in [0.15, 0.2) is 0 Å². The zero-order valence-corrected chi connectivity index (χ0v) is 28.9. The van der Waals surface area contributed by atoms with Crippen LogP contribution in [0.15, 0.2) is 133 Å². The van der Waals surface area contributed by atoms with Crippen molar-refractivity contribution in [2.24, 2.45) is 23.7 Å². The van der Waals surface area contributed by atoms with Gasteiger partial charge in [0, 0.05) is 16.5 Å². The molecule has 0 radical (unpaired) electrons. The van der Waals surface area contributed by atoms with Gasteiger partial charge in [-0.3, -0.25) is 0 Å². The van der Waals surface area contributed by atoms with Crippen LogP contribution in [-0.2, 0) is 10.8 Å². The van der Waals surface area contributed by atoms with Crippen LogP contribution in [0.2, 0.25) is 0 Å². The van der Waals surface area contributed by atoms with E-state index in [0.717, 1.165) is 23.0 Å². The molecule has 6 aromatic carbocycles. The maximum atomic E-state index is 9.49. The lowest BCUT2D eigenvalue weighted by molar-refractivity contribution is -0.0418. The molecule has 4 bridgehead atoms. The van der Waals surface area contributed by atoms with Crippen molar-refractivity contribution in [2.45, 2.75) is 56.8 Å². The van der Waals surface area contributed by atoms with Crippen LogP contribution in [0, 0.1) is 35.0 Å². The predicted octanol–water partition coefficient (Wildman–Crippen LogP) is 12.2. The van der Waals surface area contributed by atoms with Gasteiger partial charge < -0.3 is 4.90 Å². The lowest BCUT2D eigenvalue weighted by Crippen LogP contribution is -2.56. The van der Waals surface area contributed by atoms with Crippen LogP contribution >= 0.6 is 0 Å². The first-order chi connectivity index (χ1) is 24.4. The largest absolute Gasteiger partial charge is 0.310 e. The van der Waals surface area contributed by atoms with E-state index in [4.69, 9.17) is 0 Å². The van der Waals surface area contributed by atoms with Crippen molar-refractivity contribution in [1.29, 1.82) is 5.26 Å². The molecule has 0 N–H and O–H groups in total. The van der Waals surface area contributed by atoms with Crippen LogP contribution in [-0.4, -0.2) is 0 Å². The summed E-state index contributed by atoms with van der Waals surface area (Å²) in [6.45, 7) is 4.86. The van der Waals surface area contributed by atoms with Crippen molar-refractivity contribution < 1.29 is 0 Å².